The van der Waals surface area contributed by atoms with Gasteiger partial charge in [-0.15, -0.1) is 5.10 Å². The summed E-state index contributed by atoms with van der Waals surface area (Å²) >= 11 is 0. The van der Waals surface area contributed by atoms with Gasteiger partial charge in [-0.3, -0.25) is 14.9 Å². The first-order chi connectivity index (χ1) is 14.3. The van der Waals surface area contributed by atoms with E-state index in [1.54, 1.807) is 0 Å². The molecule has 0 aliphatic rings. The van der Waals surface area contributed by atoms with Gasteiger partial charge in [-0.25, -0.2) is 0 Å². The van der Waals surface area contributed by atoms with Crippen LogP contribution in [-0.2, 0) is 6.18 Å². The van der Waals surface area contributed by atoms with E-state index >= 15 is 0 Å². The Morgan fingerprint density at radius 3 is 2.45 bits per heavy atom. The highest BCUT2D eigenvalue weighted by Crippen LogP contribution is 2.36. The first kappa shape index (κ1) is 23.6. The van der Waals surface area contributed by atoms with Crippen LogP contribution in [0.5, 0.6) is 0 Å². The van der Waals surface area contributed by atoms with E-state index in [4.69, 9.17) is 5.73 Å². The summed E-state index contributed by atoms with van der Waals surface area (Å²) in [6.07, 6.45) is -6.25. The van der Waals surface area contributed by atoms with Crippen molar-refractivity contribution in [2.24, 2.45) is 0 Å². The average molecular weight is 446 g/mol. The van der Waals surface area contributed by atoms with E-state index in [0.29, 0.717) is 6.08 Å². The molecule has 0 aliphatic heterocycles. The predicted molar refractivity (Wildman–Crippen MR) is 98.3 cm³/mol. The summed E-state index contributed by atoms with van der Waals surface area (Å²) in [4.78, 5) is 19.6. The zero-order chi connectivity index (χ0) is 23.4. The Hall–Kier alpha value is -3.64. The van der Waals surface area contributed by atoms with Gasteiger partial charge >= 0.3 is 12.4 Å². The molecule has 4 N–H and O–H groups in total. The fourth-order valence-electron chi connectivity index (χ4n) is 2.45. The van der Waals surface area contributed by atoms with Gasteiger partial charge in [0.1, 0.15) is 0 Å². The van der Waals surface area contributed by atoms with Crippen molar-refractivity contribution in [3.63, 3.8) is 0 Å². The summed E-state index contributed by atoms with van der Waals surface area (Å²) in [6, 6.07) is 0.111. The van der Waals surface area contributed by atoms with E-state index in [-0.39, 0.29) is 11.5 Å². The number of hydrogen-bond donors (Lipinski definition) is 3. The van der Waals surface area contributed by atoms with Gasteiger partial charge in [-0.05, 0) is 24.6 Å². The maximum Gasteiger partial charge on any atom is 0.418 e. The molecule has 0 aliphatic carbocycles. The molecule has 2 aromatic heterocycles. The lowest BCUT2D eigenvalue weighted by Crippen LogP contribution is -2.32. The largest absolute Gasteiger partial charge is 0.418 e. The molecule has 0 spiro atoms. The third-order valence-electron chi connectivity index (χ3n) is 3.90. The third-order valence-corrected chi connectivity index (χ3v) is 3.90. The van der Waals surface area contributed by atoms with E-state index in [0.717, 1.165) is 37.4 Å². The van der Waals surface area contributed by atoms with Crippen molar-refractivity contribution in [1.82, 2.24) is 25.5 Å². The number of aromatic nitrogens is 4. The zero-order valence-corrected chi connectivity index (χ0v) is 15.8. The number of aromatic amines is 1. The number of hydrogen-bond acceptors (Lipinski definition) is 5. The molecule has 0 saturated heterocycles. The van der Waals surface area contributed by atoms with Gasteiger partial charge in [0, 0.05) is 6.20 Å². The highest BCUT2D eigenvalue weighted by Gasteiger charge is 2.37. The lowest BCUT2D eigenvalue weighted by atomic mass is 9.98. The monoisotopic (exact) mass is 446 g/mol. The molecule has 0 fully saturated rings. The number of nitrogens with zero attached hydrogens (tertiary/aromatic N) is 3. The van der Waals surface area contributed by atoms with Crippen LogP contribution >= 0.6 is 0 Å². The van der Waals surface area contributed by atoms with Crippen molar-refractivity contribution in [2.75, 3.05) is 5.73 Å². The molecular formula is C18H16F6N6O. The Kier molecular flexibility index (Phi) is 6.88. The molecule has 2 heterocycles. The summed E-state index contributed by atoms with van der Waals surface area (Å²) in [7, 11) is 0. The van der Waals surface area contributed by atoms with Gasteiger partial charge in [-0.1, -0.05) is 24.8 Å². The second kappa shape index (κ2) is 9.02. The number of nitrogens with one attached hydrogen (secondary N) is 2. The van der Waals surface area contributed by atoms with Crippen LogP contribution in [0.2, 0.25) is 0 Å². The molecule has 166 valence electrons. The van der Waals surface area contributed by atoms with Crippen LogP contribution < -0.4 is 11.1 Å². The van der Waals surface area contributed by atoms with E-state index in [1.165, 1.54) is 0 Å². The topological polar surface area (TPSA) is 110 Å². The summed E-state index contributed by atoms with van der Waals surface area (Å²) in [5.41, 5.74) is 2.08. The highest BCUT2D eigenvalue weighted by molar-refractivity contribution is 5.91. The van der Waals surface area contributed by atoms with Gasteiger partial charge < -0.3 is 11.1 Å². The number of H-pyrrole nitrogens is 1. The first-order valence-electron chi connectivity index (χ1n) is 8.45. The minimum atomic E-state index is -4.85. The second-order valence-corrected chi connectivity index (χ2v) is 6.03. The van der Waals surface area contributed by atoms with Crippen molar-refractivity contribution < 1.29 is 31.1 Å². The van der Waals surface area contributed by atoms with Crippen LogP contribution in [0.3, 0.4) is 0 Å². The molecular weight excluding hydrogens is 430 g/mol. The zero-order valence-electron chi connectivity index (χ0n) is 15.8. The van der Waals surface area contributed by atoms with E-state index in [9.17, 15) is 31.1 Å². The number of carbonyl (C=O) groups excluding carboxylic acids is 1. The van der Waals surface area contributed by atoms with Crippen LogP contribution in [-0.4, -0.2) is 32.2 Å². The quantitative estimate of drug-likeness (QED) is 0.461. The Morgan fingerprint density at radius 2 is 1.94 bits per heavy atom. The maximum atomic E-state index is 13.5. The number of carbonyl (C=O) groups is 1. The molecule has 0 bridgehead atoms. The molecule has 0 saturated carbocycles. The van der Waals surface area contributed by atoms with E-state index in [1.807, 2.05) is 0 Å². The Balaban J connectivity index is 2.49. The number of nitrogens with two attached hydrogens (primary N) is 1. The number of allylic oxidation sites excluding steroid dienone is 3. The minimum absolute atomic E-state index is 0.294. The summed E-state index contributed by atoms with van der Waals surface area (Å²) in [5, 5.41) is 7.83. The maximum absolute atomic E-state index is 13.5. The average Bonchev–Trinajstić information content (AvgIpc) is 3.11. The molecule has 0 aromatic carbocycles. The second-order valence-electron chi connectivity index (χ2n) is 6.03. The standard InChI is InChI=1S/C18H16F6N6O/c1-3-10(17(19,20)21)7-6-9(2)12(27-15(31)14-28-16(25)30-29-14)13-11(18(22,23)24)5-4-8-26-13/h3-8,12H,2H2,1H3,(H,27,31)(H3,25,28,29,30)/b7-6-,10-3+/t12-/m0/s1. The van der Waals surface area contributed by atoms with Gasteiger partial charge in [-0.2, -0.15) is 31.3 Å². The van der Waals surface area contributed by atoms with E-state index < -0.39 is 47.0 Å². The molecule has 13 heteroatoms. The predicted octanol–water partition coefficient (Wildman–Crippen LogP) is 3.89. The normalized spacial score (nSPS) is 14.0. The number of halogens is 6. The van der Waals surface area contributed by atoms with Gasteiger partial charge in [0.2, 0.25) is 11.8 Å². The minimum Gasteiger partial charge on any atom is -0.366 e. The van der Waals surface area contributed by atoms with Crippen LogP contribution in [0.4, 0.5) is 32.3 Å². The van der Waals surface area contributed by atoms with Crippen molar-refractivity contribution in [1.29, 1.82) is 0 Å². The number of rotatable bonds is 6. The first-order valence-corrected chi connectivity index (χ1v) is 8.45. The summed E-state index contributed by atoms with van der Waals surface area (Å²) in [5.74, 6) is -1.74. The number of pyridine rings is 1. The molecule has 1 atom stereocenters. The van der Waals surface area contributed by atoms with Gasteiger partial charge in [0.05, 0.1) is 22.9 Å². The molecule has 2 rings (SSSR count). The number of amides is 1. The Labute approximate surface area is 171 Å². The van der Waals surface area contributed by atoms with Crippen LogP contribution in [0, 0.1) is 0 Å². The van der Waals surface area contributed by atoms with Crippen LogP contribution in [0.25, 0.3) is 0 Å². The summed E-state index contributed by atoms with van der Waals surface area (Å²) in [6.45, 7) is 4.66. The van der Waals surface area contributed by atoms with Gasteiger partial charge in [0.25, 0.3) is 5.91 Å². The number of nitrogen functional groups attached to an aromatic ring is 1. The van der Waals surface area contributed by atoms with Crippen molar-refractivity contribution >= 4 is 11.9 Å². The Bertz CT molecular complexity index is 1020. The van der Waals surface area contributed by atoms with E-state index in [2.05, 4.69) is 32.1 Å². The van der Waals surface area contributed by atoms with Crippen molar-refractivity contribution in [3.05, 3.63) is 71.4 Å². The molecule has 31 heavy (non-hydrogen) atoms. The van der Waals surface area contributed by atoms with Crippen LogP contribution in [0.15, 0.2) is 54.3 Å². The highest BCUT2D eigenvalue weighted by atomic mass is 19.4. The summed E-state index contributed by atoms with van der Waals surface area (Å²) < 4.78 is 79.2. The molecule has 2 aromatic rings. The Morgan fingerprint density at radius 1 is 1.26 bits per heavy atom. The third kappa shape index (κ3) is 5.93. The number of anilines is 1. The lowest BCUT2D eigenvalue weighted by molar-refractivity contribution is -0.138. The van der Waals surface area contributed by atoms with Crippen molar-refractivity contribution in [2.45, 2.75) is 25.3 Å². The lowest BCUT2D eigenvalue weighted by Gasteiger charge is -2.22. The fraction of sp³-hybridized carbons (Fsp3) is 0.222. The SMILES string of the molecule is C=C(/C=C\C(=C/C)C(F)(F)F)[C@H](NC(=O)c1nc(N)n[nH]1)c1ncccc1C(F)(F)F. The molecule has 0 radical (unpaired) electrons. The van der Waals surface area contributed by atoms with Crippen molar-refractivity contribution in [3.8, 4) is 0 Å². The van der Waals surface area contributed by atoms with Gasteiger partial charge in [0.15, 0.2) is 0 Å². The number of alkyl halides is 6. The molecule has 7 nitrogen and oxygen atoms in total. The fourth-order valence-corrected chi connectivity index (χ4v) is 2.45. The van der Waals surface area contributed by atoms with Crippen LogP contribution in [0.1, 0.15) is 34.8 Å². The molecule has 1 amide bonds. The molecule has 0 unspecified atom stereocenters. The smallest absolute Gasteiger partial charge is 0.366 e.